The van der Waals surface area contributed by atoms with E-state index in [1.165, 1.54) is 17.3 Å². The van der Waals surface area contributed by atoms with Gasteiger partial charge in [-0.3, -0.25) is 9.59 Å². The van der Waals surface area contributed by atoms with Crippen LogP contribution in [0.25, 0.3) is 0 Å². The predicted molar refractivity (Wildman–Crippen MR) is 105 cm³/mol. The highest BCUT2D eigenvalue weighted by Crippen LogP contribution is 2.25. The zero-order chi connectivity index (χ0) is 20.2. The first kappa shape index (κ1) is 21.4. The van der Waals surface area contributed by atoms with E-state index in [0.29, 0.717) is 18.8 Å². The van der Waals surface area contributed by atoms with Gasteiger partial charge in [0.05, 0.1) is 4.90 Å². The standard InChI is InChI=1S/C19H29N3O4S/c1-13(2)18(20-15(4)23)19(24)21-17-12-16(9-8-14(17)3)27(25,26)22-10-6-5-7-11-22/h8-9,12-13,18H,5-7,10-11H2,1-4H3,(H,20,23)(H,21,24)/t18-/m0/s1. The Hall–Kier alpha value is -1.93. The van der Waals surface area contributed by atoms with Gasteiger partial charge < -0.3 is 10.6 Å². The molecule has 0 aliphatic carbocycles. The molecule has 1 aromatic carbocycles. The summed E-state index contributed by atoms with van der Waals surface area (Å²) in [6.45, 7) is 7.88. The van der Waals surface area contributed by atoms with Crippen LogP contribution in [0.1, 0.15) is 45.6 Å². The molecule has 0 saturated carbocycles. The number of aryl methyl sites for hydroxylation is 1. The number of carbonyl (C=O) groups excluding carboxylic acids is 2. The largest absolute Gasteiger partial charge is 0.344 e. The maximum atomic E-state index is 12.9. The molecule has 1 fully saturated rings. The van der Waals surface area contributed by atoms with Crippen LogP contribution in [0.3, 0.4) is 0 Å². The van der Waals surface area contributed by atoms with Crippen molar-refractivity contribution < 1.29 is 18.0 Å². The van der Waals surface area contributed by atoms with E-state index in [4.69, 9.17) is 0 Å². The smallest absolute Gasteiger partial charge is 0.247 e. The quantitative estimate of drug-likeness (QED) is 0.772. The second-order valence-electron chi connectivity index (χ2n) is 7.35. The molecule has 8 heteroatoms. The average Bonchev–Trinajstić information content (AvgIpc) is 2.61. The molecule has 150 valence electrons. The summed E-state index contributed by atoms with van der Waals surface area (Å²) in [4.78, 5) is 24.2. The fourth-order valence-electron chi connectivity index (χ4n) is 3.11. The van der Waals surface area contributed by atoms with E-state index in [1.807, 2.05) is 13.8 Å². The number of amides is 2. The van der Waals surface area contributed by atoms with Crippen LogP contribution < -0.4 is 10.6 Å². The summed E-state index contributed by atoms with van der Waals surface area (Å²) in [7, 11) is -3.58. The lowest BCUT2D eigenvalue weighted by Crippen LogP contribution is -2.46. The Labute approximate surface area is 161 Å². The van der Waals surface area contributed by atoms with E-state index < -0.39 is 16.1 Å². The van der Waals surface area contributed by atoms with Crippen LogP contribution in [-0.4, -0.2) is 43.7 Å². The summed E-state index contributed by atoms with van der Waals surface area (Å²) in [5.41, 5.74) is 1.19. The van der Waals surface area contributed by atoms with E-state index >= 15 is 0 Å². The summed E-state index contributed by atoms with van der Waals surface area (Å²) in [5, 5.41) is 5.41. The highest BCUT2D eigenvalue weighted by Gasteiger charge is 2.27. The van der Waals surface area contributed by atoms with Gasteiger partial charge in [-0.25, -0.2) is 8.42 Å². The van der Waals surface area contributed by atoms with Crippen molar-refractivity contribution in [2.24, 2.45) is 5.92 Å². The Bertz CT molecular complexity index is 799. The van der Waals surface area contributed by atoms with Crippen molar-refractivity contribution in [2.75, 3.05) is 18.4 Å². The Balaban J connectivity index is 2.26. The van der Waals surface area contributed by atoms with Crippen LogP contribution >= 0.6 is 0 Å². The molecule has 0 unspecified atom stereocenters. The molecule has 0 radical (unpaired) electrons. The van der Waals surface area contributed by atoms with Gasteiger partial charge in [-0.2, -0.15) is 4.31 Å². The van der Waals surface area contributed by atoms with E-state index in [-0.39, 0.29) is 22.6 Å². The zero-order valence-electron chi connectivity index (χ0n) is 16.4. The summed E-state index contributed by atoms with van der Waals surface area (Å²) in [5.74, 6) is -0.757. The Morgan fingerprint density at radius 3 is 2.30 bits per heavy atom. The lowest BCUT2D eigenvalue weighted by atomic mass is 10.0. The Morgan fingerprint density at radius 1 is 1.11 bits per heavy atom. The molecule has 0 bridgehead atoms. The normalized spacial score (nSPS) is 16.8. The topological polar surface area (TPSA) is 95.6 Å². The molecule has 1 aromatic rings. The molecule has 1 heterocycles. The van der Waals surface area contributed by atoms with Crippen molar-refractivity contribution in [2.45, 2.75) is 57.9 Å². The van der Waals surface area contributed by atoms with Gasteiger partial charge in [0.25, 0.3) is 0 Å². The minimum Gasteiger partial charge on any atom is -0.344 e. The first-order valence-electron chi connectivity index (χ1n) is 9.31. The summed E-state index contributed by atoms with van der Waals surface area (Å²) in [6.07, 6.45) is 2.77. The number of rotatable bonds is 6. The molecule has 1 saturated heterocycles. The molecule has 0 spiro atoms. The van der Waals surface area contributed by atoms with Crippen molar-refractivity contribution >= 4 is 27.5 Å². The van der Waals surface area contributed by atoms with Gasteiger partial charge >= 0.3 is 0 Å². The third-order valence-electron chi connectivity index (χ3n) is 4.73. The highest BCUT2D eigenvalue weighted by molar-refractivity contribution is 7.89. The molecule has 0 aromatic heterocycles. The number of nitrogens with zero attached hydrogens (tertiary/aromatic N) is 1. The van der Waals surface area contributed by atoms with Gasteiger partial charge in [0.2, 0.25) is 21.8 Å². The third kappa shape index (κ3) is 5.29. The molecular weight excluding hydrogens is 366 g/mol. The van der Waals surface area contributed by atoms with Gasteiger partial charge in [-0.15, -0.1) is 0 Å². The molecule has 27 heavy (non-hydrogen) atoms. The van der Waals surface area contributed by atoms with Crippen LogP contribution in [0.2, 0.25) is 0 Å². The van der Waals surface area contributed by atoms with E-state index in [1.54, 1.807) is 19.1 Å². The van der Waals surface area contributed by atoms with Crippen LogP contribution in [0.5, 0.6) is 0 Å². The molecule has 2 N–H and O–H groups in total. The van der Waals surface area contributed by atoms with Gasteiger partial charge in [0.15, 0.2) is 0 Å². The van der Waals surface area contributed by atoms with E-state index in [9.17, 15) is 18.0 Å². The Kier molecular flexibility index (Phi) is 7.00. The molecule has 1 atom stereocenters. The zero-order valence-corrected chi connectivity index (χ0v) is 17.2. The third-order valence-corrected chi connectivity index (χ3v) is 6.62. The molecule has 1 aliphatic rings. The number of hydrogen-bond acceptors (Lipinski definition) is 4. The van der Waals surface area contributed by atoms with E-state index in [0.717, 1.165) is 24.8 Å². The summed E-state index contributed by atoms with van der Waals surface area (Å²) >= 11 is 0. The maximum absolute atomic E-state index is 12.9. The first-order valence-corrected chi connectivity index (χ1v) is 10.8. The van der Waals surface area contributed by atoms with Gasteiger partial charge in [-0.1, -0.05) is 26.3 Å². The van der Waals surface area contributed by atoms with Gasteiger partial charge in [-0.05, 0) is 43.4 Å². The lowest BCUT2D eigenvalue weighted by molar-refractivity contribution is -0.126. The molecule has 7 nitrogen and oxygen atoms in total. The molecule has 2 amide bonds. The number of benzene rings is 1. The molecular formula is C19H29N3O4S. The van der Waals surface area contributed by atoms with Crippen molar-refractivity contribution in [3.63, 3.8) is 0 Å². The summed E-state index contributed by atoms with van der Waals surface area (Å²) in [6, 6.07) is 4.07. The van der Waals surface area contributed by atoms with E-state index in [2.05, 4.69) is 10.6 Å². The number of sulfonamides is 1. The lowest BCUT2D eigenvalue weighted by Gasteiger charge is -2.26. The van der Waals surface area contributed by atoms with Gasteiger partial charge in [0, 0.05) is 25.7 Å². The monoisotopic (exact) mass is 395 g/mol. The first-order chi connectivity index (χ1) is 12.6. The second kappa shape index (κ2) is 8.84. The van der Waals surface area contributed by atoms with Crippen LogP contribution in [0.15, 0.2) is 23.1 Å². The number of piperidine rings is 1. The number of hydrogen-bond donors (Lipinski definition) is 2. The minimum atomic E-state index is -3.58. The average molecular weight is 396 g/mol. The van der Waals surface area contributed by atoms with Crippen molar-refractivity contribution in [3.8, 4) is 0 Å². The van der Waals surface area contributed by atoms with Crippen molar-refractivity contribution in [1.29, 1.82) is 0 Å². The molecule has 2 rings (SSSR count). The number of anilines is 1. The second-order valence-corrected chi connectivity index (χ2v) is 9.29. The number of nitrogens with one attached hydrogen (secondary N) is 2. The summed E-state index contributed by atoms with van der Waals surface area (Å²) < 4.78 is 27.3. The number of carbonyl (C=O) groups is 2. The van der Waals surface area contributed by atoms with Crippen molar-refractivity contribution in [1.82, 2.24) is 9.62 Å². The Morgan fingerprint density at radius 2 is 1.74 bits per heavy atom. The predicted octanol–water partition coefficient (Wildman–Crippen LogP) is 2.27. The maximum Gasteiger partial charge on any atom is 0.247 e. The fraction of sp³-hybridized carbons (Fsp3) is 0.579. The molecule has 1 aliphatic heterocycles. The van der Waals surface area contributed by atoms with Crippen molar-refractivity contribution in [3.05, 3.63) is 23.8 Å². The highest BCUT2D eigenvalue weighted by atomic mass is 32.2. The minimum absolute atomic E-state index is 0.102. The van der Waals surface area contributed by atoms with Crippen LogP contribution in [0.4, 0.5) is 5.69 Å². The SMILES string of the molecule is CC(=O)N[C@H](C(=O)Nc1cc(S(=O)(=O)N2CCCCC2)ccc1C)C(C)C. The van der Waals surface area contributed by atoms with Crippen LogP contribution in [0, 0.1) is 12.8 Å². The fourth-order valence-corrected chi connectivity index (χ4v) is 4.66. The van der Waals surface area contributed by atoms with Gasteiger partial charge in [0.1, 0.15) is 6.04 Å². The van der Waals surface area contributed by atoms with Crippen LogP contribution in [-0.2, 0) is 19.6 Å².